The first-order chi connectivity index (χ1) is 11.9. The minimum Gasteiger partial charge on any atom is -0.497 e. The molecule has 0 aliphatic heterocycles. The van der Waals surface area contributed by atoms with Gasteiger partial charge in [0.1, 0.15) is 22.5 Å². The Labute approximate surface area is 152 Å². The van der Waals surface area contributed by atoms with Gasteiger partial charge in [0.15, 0.2) is 9.84 Å². The molecule has 0 heterocycles. The summed E-state index contributed by atoms with van der Waals surface area (Å²) >= 11 is 5.80. The molecule has 0 bridgehead atoms. The summed E-state index contributed by atoms with van der Waals surface area (Å²) in [5.41, 5.74) is 1.04. The lowest BCUT2D eigenvalue weighted by Crippen LogP contribution is -2.06. The van der Waals surface area contributed by atoms with Gasteiger partial charge < -0.3 is 9.47 Å². The van der Waals surface area contributed by atoms with Crippen LogP contribution in [0.1, 0.15) is 11.1 Å². The van der Waals surface area contributed by atoms with Crippen LogP contribution in [0, 0.1) is 11.3 Å². The quantitative estimate of drug-likeness (QED) is 0.715. The molecule has 0 aliphatic rings. The second-order valence-corrected chi connectivity index (χ2v) is 7.55. The SMILES string of the molecule is COc1cc(C=C(C#N)S(=O)(=O)Cc2ccc(Cl)cc2)cc(OC)c1. The van der Waals surface area contributed by atoms with Gasteiger partial charge in [-0.05, 0) is 41.5 Å². The molecule has 25 heavy (non-hydrogen) atoms. The zero-order chi connectivity index (χ0) is 18.4. The molecule has 0 saturated heterocycles. The first-order valence-electron chi connectivity index (χ1n) is 7.20. The summed E-state index contributed by atoms with van der Waals surface area (Å²) in [6.45, 7) is 0. The molecular formula is C18H16ClNO4S. The summed E-state index contributed by atoms with van der Waals surface area (Å²) in [7, 11) is -0.819. The Morgan fingerprint density at radius 3 is 2.16 bits per heavy atom. The summed E-state index contributed by atoms with van der Waals surface area (Å²) in [6, 6.07) is 13.1. The number of halogens is 1. The second-order valence-electron chi connectivity index (χ2n) is 5.15. The normalized spacial score (nSPS) is 11.7. The molecule has 0 atom stereocenters. The molecule has 0 aliphatic carbocycles. The summed E-state index contributed by atoms with van der Waals surface area (Å²) in [4.78, 5) is -0.335. The van der Waals surface area contributed by atoms with Crippen molar-refractivity contribution in [3.63, 3.8) is 0 Å². The van der Waals surface area contributed by atoms with Crippen LogP contribution in [0.2, 0.25) is 5.02 Å². The molecule has 0 amide bonds. The van der Waals surface area contributed by atoms with E-state index in [1.54, 1.807) is 48.5 Å². The number of ether oxygens (including phenoxy) is 2. The highest BCUT2D eigenvalue weighted by Crippen LogP contribution is 2.25. The highest BCUT2D eigenvalue weighted by Gasteiger charge is 2.19. The Balaban J connectivity index is 2.39. The zero-order valence-electron chi connectivity index (χ0n) is 13.7. The van der Waals surface area contributed by atoms with Crippen molar-refractivity contribution in [2.24, 2.45) is 0 Å². The number of benzene rings is 2. The van der Waals surface area contributed by atoms with E-state index in [0.29, 0.717) is 27.6 Å². The molecule has 2 rings (SSSR count). The molecule has 130 valence electrons. The maximum absolute atomic E-state index is 12.5. The van der Waals surface area contributed by atoms with Crippen molar-refractivity contribution in [1.29, 1.82) is 5.26 Å². The van der Waals surface area contributed by atoms with E-state index in [1.807, 2.05) is 0 Å². The maximum atomic E-state index is 12.5. The van der Waals surface area contributed by atoms with Crippen molar-refractivity contribution in [3.8, 4) is 17.6 Å². The first kappa shape index (κ1) is 18.8. The van der Waals surface area contributed by atoms with Gasteiger partial charge in [0, 0.05) is 11.1 Å². The lowest BCUT2D eigenvalue weighted by molar-refractivity contribution is 0.394. The van der Waals surface area contributed by atoms with Crippen molar-refractivity contribution in [3.05, 3.63) is 63.5 Å². The molecule has 0 aromatic heterocycles. The number of nitrogens with zero attached hydrogens (tertiary/aromatic N) is 1. The molecule has 0 radical (unpaired) electrons. The topological polar surface area (TPSA) is 76.4 Å². The fourth-order valence-corrected chi connectivity index (χ4v) is 3.50. The van der Waals surface area contributed by atoms with E-state index in [2.05, 4.69) is 0 Å². The van der Waals surface area contributed by atoms with Gasteiger partial charge in [0.25, 0.3) is 0 Å². The predicted molar refractivity (Wildman–Crippen MR) is 97.2 cm³/mol. The highest BCUT2D eigenvalue weighted by atomic mass is 35.5. The monoisotopic (exact) mass is 377 g/mol. The molecule has 0 unspecified atom stereocenters. The fraction of sp³-hybridized carbons (Fsp3) is 0.167. The Bertz CT molecular complexity index is 906. The van der Waals surface area contributed by atoms with Gasteiger partial charge in [-0.25, -0.2) is 8.42 Å². The second kappa shape index (κ2) is 8.06. The number of rotatable bonds is 6. The molecule has 0 fully saturated rings. The van der Waals surface area contributed by atoms with Crippen LogP contribution in [0.3, 0.4) is 0 Å². The third kappa shape index (κ3) is 4.99. The molecule has 2 aromatic carbocycles. The summed E-state index contributed by atoms with van der Waals surface area (Å²) in [5, 5.41) is 9.83. The predicted octanol–water partition coefficient (Wildman–Crippen LogP) is 3.84. The zero-order valence-corrected chi connectivity index (χ0v) is 15.3. The highest BCUT2D eigenvalue weighted by molar-refractivity contribution is 7.95. The van der Waals surface area contributed by atoms with Crippen molar-refractivity contribution >= 4 is 27.5 Å². The van der Waals surface area contributed by atoms with Crippen LogP contribution in [0.15, 0.2) is 47.4 Å². The number of methoxy groups -OCH3 is 2. The molecular weight excluding hydrogens is 362 g/mol. The van der Waals surface area contributed by atoms with Crippen LogP contribution in [0.25, 0.3) is 6.08 Å². The van der Waals surface area contributed by atoms with Crippen molar-refractivity contribution in [2.45, 2.75) is 5.75 Å². The van der Waals surface area contributed by atoms with Crippen molar-refractivity contribution in [1.82, 2.24) is 0 Å². The lowest BCUT2D eigenvalue weighted by Gasteiger charge is -2.07. The number of hydrogen-bond acceptors (Lipinski definition) is 5. The van der Waals surface area contributed by atoms with Crippen molar-refractivity contribution < 1.29 is 17.9 Å². The van der Waals surface area contributed by atoms with Crippen molar-refractivity contribution in [2.75, 3.05) is 14.2 Å². The number of nitriles is 1. The number of sulfone groups is 1. The molecule has 0 N–H and O–H groups in total. The van der Waals surface area contributed by atoms with E-state index in [9.17, 15) is 13.7 Å². The minimum absolute atomic E-state index is 0.287. The number of hydrogen-bond donors (Lipinski definition) is 0. The molecule has 7 heteroatoms. The van der Waals surface area contributed by atoms with E-state index in [1.165, 1.54) is 20.3 Å². The van der Waals surface area contributed by atoms with E-state index in [0.717, 1.165) is 0 Å². The molecule has 2 aromatic rings. The lowest BCUT2D eigenvalue weighted by atomic mass is 10.2. The van der Waals surface area contributed by atoms with E-state index < -0.39 is 9.84 Å². The van der Waals surface area contributed by atoms with E-state index >= 15 is 0 Å². The average molecular weight is 378 g/mol. The van der Waals surface area contributed by atoms with Gasteiger partial charge in [-0.1, -0.05) is 23.7 Å². The van der Waals surface area contributed by atoms with Gasteiger partial charge in [-0.3, -0.25) is 0 Å². The Kier molecular flexibility index (Phi) is 6.07. The molecule has 0 saturated carbocycles. The minimum atomic E-state index is -3.80. The summed E-state index contributed by atoms with van der Waals surface area (Å²) in [6.07, 6.45) is 1.30. The van der Waals surface area contributed by atoms with Crippen LogP contribution in [-0.2, 0) is 15.6 Å². The van der Waals surface area contributed by atoms with Crippen LogP contribution >= 0.6 is 11.6 Å². The van der Waals surface area contributed by atoms with Crippen LogP contribution < -0.4 is 9.47 Å². The smallest absolute Gasteiger partial charge is 0.192 e. The van der Waals surface area contributed by atoms with Gasteiger partial charge in [-0.15, -0.1) is 0 Å². The standard InChI is InChI=1S/C18H16ClNO4S/c1-23-16-7-14(8-17(10-16)24-2)9-18(11-20)25(21,22)12-13-3-5-15(19)6-4-13/h3-10H,12H2,1-2H3. The summed E-state index contributed by atoms with van der Waals surface area (Å²) < 4.78 is 35.4. The Morgan fingerprint density at radius 1 is 1.12 bits per heavy atom. The molecule has 5 nitrogen and oxygen atoms in total. The van der Waals surface area contributed by atoms with Crippen LogP contribution in [0.4, 0.5) is 0 Å². The molecule has 0 spiro atoms. The fourth-order valence-electron chi connectivity index (χ4n) is 2.13. The van der Waals surface area contributed by atoms with Gasteiger partial charge >= 0.3 is 0 Å². The van der Waals surface area contributed by atoms with Gasteiger partial charge in [0.05, 0.1) is 20.0 Å². The average Bonchev–Trinajstić information content (AvgIpc) is 2.60. The number of allylic oxidation sites excluding steroid dienone is 1. The Morgan fingerprint density at radius 2 is 1.68 bits per heavy atom. The van der Waals surface area contributed by atoms with Crippen LogP contribution in [0.5, 0.6) is 11.5 Å². The van der Waals surface area contributed by atoms with E-state index in [-0.39, 0.29) is 10.7 Å². The largest absolute Gasteiger partial charge is 0.497 e. The third-order valence-electron chi connectivity index (χ3n) is 3.39. The van der Waals surface area contributed by atoms with Gasteiger partial charge in [-0.2, -0.15) is 5.26 Å². The Hall–Kier alpha value is -2.49. The van der Waals surface area contributed by atoms with Gasteiger partial charge in [0.2, 0.25) is 0 Å². The first-order valence-corrected chi connectivity index (χ1v) is 9.23. The van der Waals surface area contributed by atoms with Crippen LogP contribution in [-0.4, -0.2) is 22.6 Å². The maximum Gasteiger partial charge on any atom is 0.192 e. The van der Waals surface area contributed by atoms with E-state index in [4.69, 9.17) is 21.1 Å². The summed E-state index contributed by atoms with van der Waals surface area (Å²) in [5.74, 6) is 0.709. The third-order valence-corrected chi connectivity index (χ3v) is 5.23.